The molecule has 0 spiro atoms. The van der Waals surface area contributed by atoms with Crippen LogP contribution in [0.15, 0.2) is 23.8 Å². The SMILES string of the molecule is C=C1CC[C@@]2([C@H](C)CC/C=C(/C)C(=O)OCC)C[C@@H]12. The number of carbonyl (C=O) groups excluding carboxylic acids is 1. The van der Waals surface area contributed by atoms with Gasteiger partial charge >= 0.3 is 5.97 Å². The van der Waals surface area contributed by atoms with Crippen molar-refractivity contribution in [2.75, 3.05) is 6.61 Å². The lowest BCUT2D eigenvalue weighted by molar-refractivity contribution is -0.138. The van der Waals surface area contributed by atoms with E-state index in [4.69, 9.17) is 4.74 Å². The molecule has 0 bridgehead atoms. The Morgan fingerprint density at radius 3 is 2.89 bits per heavy atom. The van der Waals surface area contributed by atoms with Crippen molar-refractivity contribution in [2.24, 2.45) is 17.3 Å². The molecule has 0 aromatic carbocycles. The van der Waals surface area contributed by atoms with Gasteiger partial charge in [-0.3, -0.25) is 0 Å². The summed E-state index contributed by atoms with van der Waals surface area (Å²) in [7, 11) is 0. The average Bonchev–Trinajstić information content (AvgIpc) is 3.04. The maximum absolute atomic E-state index is 11.5. The Hall–Kier alpha value is -1.05. The Bertz CT molecular complexity index is 407. The molecular weight excluding hydrogens is 236 g/mol. The van der Waals surface area contributed by atoms with Crippen LogP contribution in [0.2, 0.25) is 0 Å². The number of fused-ring (bicyclic) bond motifs is 1. The van der Waals surface area contributed by atoms with Gasteiger partial charge in [0.25, 0.3) is 0 Å². The Balaban J connectivity index is 1.79. The fourth-order valence-corrected chi connectivity index (χ4v) is 3.67. The summed E-state index contributed by atoms with van der Waals surface area (Å²) in [6.07, 6.45) is 8.10. The lowest BCUT2D eigenvalue weighted by atomic mass is 9.85. The van der Waals surface area contributed by atoms with Crippen LogP contribution in [0.5, 0.6) is 0 Å². The summed E-state index contributed by atoms with van der Waals surface area (Å²) in [5.74, 6) is 1.37. The van der Waals surface area contributed by atoms with Crippen LogP contribution in [0.1, 0.15) is 52.9 Å². The molecule has 0 saturated heterocycles. The van der Waals surface area contributed by atoms with E-state index in [1.807, 2.05) is 19.9 Å². The monoisotopic (exact) mass is 262 g/mol. The lowest BCUT2D eigenvalue weighted by Crippen LogP contribution is -2.12. The zero-order chi connectivity index (χ0) is 14.0. The molecule has 0 radical (unpaired) electrons. The van der Waals surface area contributed by atoms with E-state index in [-0.39, 0.29) is 5.97 Å². The van der Waals surface area contributed by atoms with Crippen LogP contribution in [0.25, 0.3) is 0 Å². The molecule has 0 N–H and O–H groups in total. The molecule has 19 heavy (non-hydrogen) atoms. The van der Waals surface area contributed by atoms with Crippen LogP contribution in [-0.2, 0) is 9.53 Å². The Labute approximate surface area is 116 Å². The normalized spacial score (nSPS) is 31.0. The average molecular weight is 262 g/mol. The zero-order valence-electron chi connectivity index (χ0n) is 12.5. The Morgan fingerprint density at radius 1 is 1.63 bits per heavy atom. The molecule has 2 heteroatoms. The van der Waals surface area contributed by atoms with E-state index in [1.165, 1.54) is 31.3 Å². The van der Waals surface area contributed by atoms with Gasteiger partial charge in [-0.1, -0.05) is 25.2 Å². The maximum atomic E-state index is 11.5. The largest absolute Gasteiger partial charge is 0.463 e. The van der Waals surface area contributed by atoms with Crippen molar-refractivity contribution >= 4 is 5.97 Å². The van der Waals surface area contributed by atoms with Gasteiger partial charge in [0, 0.05) is 5.57 Å². The predicted molar refractivity (Wildman–Crippen MR) is 77.7 cm³/mol. The van der Waals surface area contributed by atoms with Crippen LogP contribution in [0.4, 0.5) is 0 Å². The molecule has 2 aliphatic carbocycles. The molecule has 2 fully saturated rings. The molecule has 2 saturated carbocycles. The summed E-state index contributed by atoms with van der Waals surface area (Å²) in [6.45, 7) is 10.7. The van der Waals surface area contributed by atoms with Gasteiger partial charge in [-0.2, -0.15) is 0 Å². The molecule has 0 aromatic heterocycles. The van der Waals surface area contributed by atoms with Gasteiger partial charge in [-0.15, -0.1) is 0 Å². The molecule has 0 aromatic rings. The van der Waals surface area contributed by atoms with Gasteiger partial charge in [0.1, 0.15) is 0 Å². The van der Waals surface area contributed by atoms with E-state index in [9.17, 15) is 4.79 Å². The van der Waals surface area contributed by atoms with Crippen LogP contribution >= 0.6 is 0 Å². The highest BCUT2D eigenvalue weighted by Gasteiger charge is 2.60. The smallest absolute Gasteiger partial charge is 0.333 e. The van der Waals surface area contributed by atoms with Crippen molar-refractivity contribution in [1.82, 2.24) is 0 Å². The number of allylic oxidation sites excluding steroid dienone is 2. The Kier molecular flexibility index (Phi) is 4.17. The third kappa shape index (κ3) is 2.77. The van der Waals surface area contributed by atoms with Gasteiger partial charge < -0.3 is 4.74 Å². The summed E-state index contributed by atoms with van der Waals surface area (Å²) in [4.78, 5) is 11.5. The molecule has 2 aliphatic rings. The van der Waals surface area contributed by atoms with Gasteiger partial charge in [0.05, 0.1) is 6.61 Å². The van der Waals surface area contributed by atoms with Crippen LogP contribution in [0.3, 0.4) is 0 Å². The molecule has 0 amide bonds. The predicted octanol–water partition coefficient (Wildman–Crippen LogP) is 4.27. The first-order valence-electron chi connectivity index (χ1n) is 7.53. The van der Waals surface area contributed by atoms with Crippen molar-refractivity contribution in [3.8, 4) is 0 Å². The molecule has 0 aliphatic heterocycles. The van der Waals surface area contributed by atoms with Gasteiger partial charge in [0.15, 0.2) is 0 Å². The van der Waals surface area contributed by atoms with Gasteiger partial charge in [0.2, 0.25) is 0 Å². The standard InChI is InChI=1S/C17H26O2/c1-5-19-16(18)13(3)7-6-8-14(4)17-10-9-12(2)15(17)11-17/h7,14-15H,2,5-6,8-11H2,1,3-4H3/b13-7-/t14-,15+,17+/m1/s1. The van der Waals surface area contributed by atoms with Crippen LogP contribution in [-0.4, -0.2) is 12.6 Å². The fourth-order valence-electron chi connectivity index (χ4n) is 3.67. The molecule has 0 heterocycles. The zero-order valence-corrected chi connectivity index (χ0v) is 12.5. The molecular formula is C17H26O2. The van der Waals surface area contributed by atoms with Crippen molar-refractivity contribution in [3.05, 3.63) is 23.8 Å². The fraction of sp³-hybridized carbons (Fsp3) is 0.706. The number of hydrogen-bond acceptors (Lipinski definition) is 2. The first-order valence-corrected chi connectivity index (χ1v) is 7.53. The van der Waals surface area contributed by atoms with Crippen molar-refractivity contribution in [2.45, 2.75) is 52.9 Å². The summed E-state index contributed by atoms with van der Waals surface area (Å²) < 4.78 is 4.98. The van der Waals surface area contributed by atoms with Gasteiger partial charge in [-0.25, -0.2) is 4.79 Å². The number of hydrogen-bond donors (Lipinski definition) is 0. The minimum Gasteiger partial charge on any atom is -0.463 e. The molecule has 106 valence electrons. The second-order valence-electron chi connectivity index (χ2n) is 6.23. The summed E-state index contributed by atoms with van der Waals surface area (Å²) in [6, 6.07) is 0. The number of ether oxygens (including phenoxy) is 1. The van der Waals surface area contributed by atoms with Gasteiger partial charge in [-0.05, 0) is 63.2 Å². The maximum Gasteiger partial charge on any atom is 0.333 e. The highest BCUT2D eigenvalue weighted by atomic mass is 16.5. The molecule has 0 unspecified atom stereocenters. The molecule has 3 atom stereocenters. The second kappa shape index (κ2) is 5.52. The highest BCUT2D eigenvalue weighted by Crippen LogP contribution is 2.69. The molecule has 2 rings (SSSR count). The van der Waals surface area contributed by atoms with Crippen LogP contribution < -0.4 is 0 Å². The van der Waals surface area contributed by atoms with Crippen LogP contribution in [0, 0.1) is 17.3 Å². The number of rotatable bonds is 6. The van der Waals surface area contributed by atoms with Crippen molar-refractivity contribution in [1.29, 1.82) is 0 Å². The van der Waals surface area contributed by atoms with E-state index in [2.05, 4.69) is 13.5 Å². The van der Waals surface area contributed by atoms with Crippen molar-refractivity contribution < 1.29 is 9.53 Å². The second-order valence-corrected chi connectivity index (χ2v) is 6.23. The summed E-state index contributed by atoms with van der Waals surface area (Å²) in [5, 5.41) is 0. The lowest BCUT2D eigenvalue weighted by Gasteiger charge is -2.20. The third-order valence-corrected chi connectivity index (χ3v) is 5.15. The van der Waals surface area contributed by atoms with E-state index in [0.29, 0.717) is 12.0 Å². The number of carbonyl (C=O) groups is 1. The number of esters is 1. The minimum absolute atomic E-state index is 0.174. The quantitative estimate of drug-likeness (QED) is 0.406. The first-order chi connectivity index (χ1) is 9.01. The van der Waals surface area contributed by atoms with E-state index >= 15 is 0 Å². The molecule has 2 nitrogen and oxygen atoms in total. The van der Waals surface area contributed by atoms with E-state index < -0.39 is 0 Å². The van der Waals surface area contributed by atoms with E-state index in [0.717, 1.165) is 23.8 Å². The first kappa shape index (κ1) is 14.4. The van der Waals surface area contributed by atoms with E-state index in [1.54, 1.807) is 0 Å². The topological polar surface area (TPSA) is 26.3 Å². The third-order valence-electron chi connectivity index (χ3n) is 5.15. The Morgan fingerprint density at radius 2 is 2.37 bits per heavy atom. The van der Waals surface area contributed by atoms with Crippen molar-refractivity contribution in [3.63, 3.8) is 0 Å². The highest BCUT2D eigenvalue weighted by molar-refractivity contribution is 5.87. The summed E-state index contributed by atoms with van der Waals surface area (Å²) >= 11 is 0. The summed E-state index contributed by atoms with van der Waals surface area (Å²) in [5.41, 5.74) is 2.79. The minimum atomic E-state index is -0.174.